The Morgan fingerprint density at radius 1 is 1.22 bits per heavy atom. The van der Waals surface area contributed by atoms with Crippen molar-refractivity contribution in [2.75, 3.05) is 13.7 Å². The van der Waals surface area contributed by atoms with E-state index in [1.54, 1.807) is 7.11 Å². The summed E-state index contributed by atoms with van der Waals surface area (Å²) in [5.74, 6) is 0.380. The summed E-state index contributed by atoms with van der Waals surface area (Å²) < 4.78 is 10.5. The number of hydrogen-bond acceptors (Lipinski definition) is 3. The van der Waals surface area contributed by atoms with Crippen molar-refractivity contribution in [3.63, 3.8) is 0 Å². The number of carbonyl (C=O) groups excluding carboxylic acids is 1. The molecule has 0 saturated heterocycles. The predicted molar refractivity (Wildman–Crippen MR) is 74.5 cm³/mol. The van der Waals surface area contributed by atoms with E-state index in [1.165, 1.54) is 19.3 Å². The molecule has 0 aromatic carbocycles. The highest BCUT2D eigenvalue weighted by molar-refractivity contribution is 5.72. The van der Waals surface area contributed by atoms with Gasteiger partial charge in [0.25, 0.3) is 0 Å². The average Bonchev–Trinajstić information content (AvgIpc) is 2.32. The van der Waals surface area contributed by atoms with Gasteiger partial charge in [0.1, 0.15) is 0 Å². The molecule has 0 saturated carbocycles. The summed E-state index contributed by atoms with van der Waals surface area (Å²) in [6.45, 7) is 8.63. The standard InChI is InChI=1S/C15H30O3/c1-6-8-9-13(7-2)10-14(11-17-5)15(16)18-12(3)4/h12-14H,6-11H2,1-5H3. The summed E-state index contributed by atoms with van der Waals surface area (Å²) >= 11 is 0. The number of unbranched alkanes of at least 4 members (excludes halogenated alkanes) is 1. The largest absolute Gasteiger partial charge is 0.463 e. The Morgan fingerprint density at radius 2 is 1.89 bits per heavy atom. The lowest BCUT2D eigenvalue weighted by Crippen LogP contribution is -2.27. The van der Waals surface area contributed by atoms with E-state index in [0.717, 1.165) is 12.8 Å². The normalized spacial score (nSPS) is 14.6. The molecule has 0 rings (SSSR count). The molecule has 0 bridgehead atoms. The van der Waals surface area contributed by atoms with Gasteiger partial charge in [-0.05, 0) is 26.2 Å². The quantitative estimate of drug-likeness (QED) is 0.559. The number of rotatable bonds is 10. The van der Waals surface area contributed by atoms with Gasteiger partial charge in [0, 0.05) is 7.11 Å². The van der Waals surface area contributed by atoms with Crippen molar-refractivity contribution in [3.8, 4) is 0 Å². The van der Waals surface area contributed by atoms with Crippen LogP contribution in [0.3, 0.4) is 0 Å². The second-order valence-corrected chi connectivity index (χ2v) is 5.29. The maximum atomic E-state index is 12.0. The van der Waals surface area contributed by atoms with Gasteiger partial charge in [-0.25, -0.2) is 0 Å². The number of carbonyl (C=O) groups is 1. The Bertz CT molecular complexity index is 214. The Balaban J connectivity index is 4.34. The molecule has 0 N–H and O–H groups in total. The lowest BCUT2D eigenvalue weighted by molar-refractivity contribution is -0.155. The van der Waals surface area contributed by atoms with Gasteiger partial charge in [0.15, 0.2) is 0 Å². The van der Waals surface area contributed by atoms with Crippen LogP contribution in [-0.2, 0) is 14.3 Å². The van der Waals surface area contributed by atoms with Crippen LogP contribution in [0.15, 0.2) is 0 Å². The van der Waals surface area contributed by atoms with E-state index in [-0.39, 0.29) is 18.0 Å². The summed E-state index contributed by atoms with van der Waals surface area (Å²) in [7, 11) is 1.64. The summed E-state index contributed by atoms with van der Waals surface area (Å²) in [6, 6.07) is 0. The third-order valence-electron chi connectivity index (χ3n) is 3.21. The van der Waals surface area contributed by atoms with Crippen LogP contribution in [0.2, 0.25) is 0 Å². The van der Waals surface area contributed by atoms with Crippen molar-refractivity contribution in [2.24, 2.45) is 11.8 Å². The van der Waals surface area contributed by atoms with Gasteiger partial charge in [-0.2, -0.15) is 0 Å². The lowest BCUT2D eigenvalue weighted by atomic mass is 9.89. The summed E-state index contributed by atoms with van der Waals surface area (Å²) in [5, 5.41) is 0. The Morgan fingerprint density at radius 3 is 2.33 bits per heavy atom. The molecule has 0 aromatic heterocycles. The van der Waals surface area contributed by atoms with Crippen LogP contribution in [0.1, 0.15) is 59.8 Å². The minimum atomic E-state index is -0.112. The highest BCUT2D eigenvalue weighted by Crippen LogP contribution is 2.23. The van der Waals surface area contributed by atoms with Gasteiger partial charge in [-0.1, -0.05) is 39.5 Å². The van der Waals surface area contributed by atoms with Gasteiger partial charge in [-0.15, -0.1) is 0 Å². The first kappa shape index (κ1) is 17.4. The van der Waals surface area contributed by atoms with Crippen molar-refractivity contribution >= 4 is 5.97 Å². The monoisotopic (exact) mass is 258 g/mol. The van der Waals surface area contributed by atoms with Crippen LogP contribution < -0.4 is 0 Å². The first-order valence-corrected chi connectivity index (χ1v) is 7.24. The highest BCUT2D eigenvalue weighted by atomic mass is 16.5. The first-order valence-electron chi connectivity index (χ1n) is 7.24. The van der Waals surface area contributed by atoms with E-state index in [2.05, 4.69) is 13.8 Å². The Kier molecular flexibility index (Phi) is 10.0. The summed E-state index contributed by atoms with van der Waals surface area (Å²) in [4.78, 5) is 12.0. The topological polar surface area (TPSA) is 35.5 Å². The molecule has 3 nitrogen and oxygen atoms in total. The van der Waals surface area contributed by atoms with E-state index in [1.807, 2.05) is 13.8 Å². The van der Waals surface area contributed by atoms with E-state index in [0.29, 0.717) is 12.5 Å². The van der Waals surface area contributed by atoms with Gasteiger partial charge >= 0.3 is 5.97 Å². The van der Waals surface area contributed by atoms with Crippen LogP contribution in [0.25, 0.3) is 0 Å². The van der Waals surface area contributed by atoms with E-state index in [4.69, 9.17) is 9.47 Å². The molecule has 0 amide bonds. The molecule has 0 spiro atoms. The molecule has 0 fully saturated rings. The van der Waals surface area contributed by atoms with Crippen molar-refractivity contribution in [3.05, 3.63) is 0 Å². The first-order chi connectivity index (χ1) is 8.54. The van der Waals surface area contributed by atoms with Crippen molar-refractivity contribution in [1.82, 2.24) is 0 Å². The fraction of sp³-hybridized carbons (Fsp3) is 0.933. The predicted octanol–water partition coefficient (Wildman–Crippen LogP) is 3.81. The third kappa shape index (κ3) is 7.70. The molecule has 108 valence electrons. The Labute approximate surface area is 112 Å². The second kappa shape index (κ2) is 10.4. The highest BCUT2D eigenvalue weighted by Gasteiger charge is 2.24. The maximum absolute atomic E-state index is 12.0. The van der Waals surface area contributed by atoms with Crippen LogP contribution in [-0.4, -0.2) is 25.8 Å². The van der Waals surface area contributed by atoms with E-state index in [9.17, 15) is 4.79 Å². The van der Waals surface area contributed by atoms with Crippen LogP contribution in [0, 0.1) is 11.8 Å². The van der Waals surface area contributed by atoms with Crippen LogP contribution in [0.5, 0.6) is 0 Å². The lowest BCUT2D eigenvalue weighted by Gasteiger charge is -2.22. The molecule has 0 aliphatic heterocycles. The SMILES string of the molecule is CCCCC(CC)CC(COC)C(=O)OC(C)C. The molecule has 0 heterocycles. The van der Waals surface area contributed by atoms with Crippen molar-refractivity contribution in [1.29, 1.82) is 0 Å². The molecule has 18 heavy (non-hydrogen) atoms. The van der Waals surface area contributed by atoms with Crippen LogP contribution >= 0.6 is 0 Å². The minimum Gasteiger partial charge on any atom is -0.463 e. The molecular weight excluding hydrogens is 228 g/mol. The molecule has 3 heteroatoms. The molecule has 0 aliphatic carbocycles. The number of hydrogen-bond donors (Lipinski definition) is 0. The van der Waals surface area contributed by atoms with Crippen LogP contribution in [0.4, 0.5) is 0 Å². The molecule has 2 unspecified atom stereocenters. The van der Waals surface area contributed by atoms with Crippen molar-refractivity contribution < 1.29 is 14.3 Å². The van der Waals surface area contributed by atoms with Gasteiger partial charge < -0.3 is 9.47 Å². The summed E-state index contributed by atoms with van der Waals surface area (Å²) in [5.41, 5.74) is 0. The third-order valence-corrected chi connectivity index (χ3v) is 3.21. The molecule has 0 aromatic rings. The fourth-order valence-electron chi connectivity index (χ4n) is 2.15. The summed E-state index contributed by atoms with van der Waals surface area (Å²) in [6.07, 6.45) is 5.60. The van der Waals surface area contributed by atoms with Gasteiger partial charge in [0.05, 0.1) is 18.6 Å². The minimum absolute atomic E-state index is 0.0485. The zero-order valence-electron chi connectivity index (χ0n) is 12.7. The fourth-order valence-corrected chi connectivity index (χ4v) is 2.15. The zero-order chi connectivity index (χ0) is 14.0. The van der Waals surface area contributed by atoms with Gasteiger partial charge in [-0.3, -0.25) is 4.79 Å². The molecule has 2 atom stereocenters. The number of esters is 1. The Hall–Kier alpha value is -0.570. The zero-order valence-corrected chi connectivity index (χ0v) is 12.7. The average molecular weight is 258 g/mol. The van der Waals surface area contributed by atoms with Crippen molar-refractivity contribution in [2.45, 2.75) is 65.9 Å². The van der Waals surface area contributed by atoms with E-state index < -0.39 is 0 Å². The number of methoxy groups -OCH3 is 1. The van der Waals surface area contributed by atoms with Gasteiger partial charge in [0.2, 0.25) is 0 Å². The van der Waals surface area contributed by atoms with E-state index >= 15 is 0 Å². The maximum Gasteiger partial charge on any atom is 0.311 e. The molecular formula is C15H30O3. The number of ether oxygens (including phenoxy) is 2. The molecule has 0 radical (unpaired) electrons. The smallest absolute Gasteiger partial charge is 0.311 e. The molecule has 0 aliphatic rings. The second-order valence-electron chi connectivity index (χ2n) is 5.29.